The minimum atomic E-state index is -1.01. The number of piperidine rings is 1. The van der Waals surface area contributed by atoms with Gasteiger partial charge in [0.15, 0.2) is 0 Å². The molecule has 1 aliphatic rings. The highest BCUT2D eigenvalue weighted by Gasteiger charge is 2.44. The Morgan fingerprint density at radius 3 is 2.32 bits per heavy atom. The molecule has 148 valence electrons. The first-order valence-electron chi connectivity index (χ1n) is 9.63. The van der Waals surface area contributed by atoms with Crippen LogP contribution in [0.15, 0.2) is 35.1 Å². The Morgan fingerprint density at radius 2 is 1.79 bits per heavy atom. The number of carboxylic acids is 1. The van der Waals surface area contributed by atoms with E-state index in [2.05, 4.69) is 10.2 Å². The number of aryl methyl sites for hydroxylation is 1. The third kappa shape index (κ3) is 3.32. The summed E-state index contributed by atoms with van der Waals surface area (Å²) in [5.74, 6) is -1.22. The van der Waals surface area contributed by atoms with Gasteiger partial charge in [-0.1, -0.05) is 44.2 Å². The zero-order valence-electron chi connectivity index (χ0n) is 16.2. The number of H-pyrrole nitrogens is 1. The number of amides is 1. The maximum atomic E-state index is 13.1. The standard InChI is InChI=1S/C21H25N3O4/c1-3-15-16(4-2)22-23-18(25)17(15)19(26)24-12-10-21(11-13-24,20(27)28)14-8-6-5-7-9-14/h5-9H,3-4,10-13H2,1-2H3,(H,23,25)(H,27,28). The van der Waals surface area contributed by atoms with Gasteiger partial charge in [0.05, 0.1) is 11.1 Å². The van der Waals surface area contributed by atoms with Crippen LogP contribution >= 0.6 is 0 Å². The lowest BCUT2D eigenvalue weighted by Crippen LogP contribution is -2.50. The highest BCUT2D eigenvalue weighted by molar-refractivity contribution is 5.96. The number of aliphatic carboxylic acids is 1. The van der Waals surface area contributed by atoms with Crippen molar-refractivity contribution in [3.05, 3.63) is 63.1 Å². The van der Waals surface area contributed by atoms with Crippen molar-refractivity contribution in [2.24, 2.45) is 0 Å². The summed E-state index contributed by atoms with van der Waals surface area (Å²) in [7, 11) is 0. The van der Waals surface area contributed by atoms with E-state index in [9.17, 15) is 19.5 Å². The van der Waals surface area contributed by atoms with Crippen molar-refractivity contribution in [2.75, 3.05) is 13.1 Å². The number of rotatable bonds is 5. The Balaban J connectivity index is 1.89. The van der Waals surface area contributed by atoms with Gasteiger partial charge in [0, 0.05) is 13.1 Å². The topological polar surface area (TPSA) is 103 Å². The van der Waals surface area contributed by atoms with Gasteiger partial charge >= 0.3 is 5.97 Å². The number of nitrogens with zero attached hydrogens (tertiary/aromatic N) is 2. The van der Waals surface area contributed by atoms with Crippen LogP contribution in [0.5, 0.6) is 0 Å². The summed E-state index contributed by atoms with van der Waals surface area (Å²) in [5.41, 5.74) is 0.777. The Hall–Kier alpha value is -2.96. The van der Waals surface area contributed by atoms with Crippen LogP contribution in [0, 0.1) is 0 Å². The Labute approximate surface area is 163 Å². The number of hydrogen-bond acceptors (Lipinski definition) is 4. The van der Waals surface area contributed by atoms with Crippen LogP contribution in [-0.4, -0.2) is 45.2 Å². The fourth-order valence-corrected chi connectivity index (χ4v) is 4.06. The predicted molar refractivity (Wildman–Crippen MR) is 105 cm³/mol. The van der Waals surface area contributed by atoms with Crippen LogP contribution in [0.3, 0.4) is 0 Å². The van der Waals surface area contributed by atoms with Crippen LogP contribution in [0.4, 0.5) is 0 Å². The second-order valence-electron chi connectivity index (χ2n) is 7.11. The van der Waals surface area contributed by atoms with E-state index in [1.807, 2.05) is 44.2 Å². The minimum absolute atomic E-state index is 0.136. The second-order valence-corrected chi connectivity index (χ2v) is 7.11. The second kappa shape index (κ2) is 7.96. The summed E-state index contributed by atoms with van der Waals surface area (Å²) < 4.78 is 0. The predicted octanol–water partition coefficient (Wildman–Crippen LogP) is 2.15. The van der Waals surface area contributed by atoms with Crippen molar-refractivity contribution in [2.45, 2.75) is 44.9 Å². The molecule has 1 amide bonds. The zero-order valence-corrected chi connectivity index (χ0v) is 16.2. The smallest absolute Gasteiger partial charge is 0.314 e. The SMILES string of the molecule is CCc1n[nH]c(=O)c(C(=O)N2CCC(C(=O)O)(c3ccccc3)CC2)c1CC. The molecule has 1 fully saturated rings. The average Bonchev–Trinajstić information content (AvgIpc) is 2.73. The van der Waals surface area contributed by atoms with Crippen LogP contribution in [-0.2, 0) is 23.1 Å². The van der Waals surface area contributed by atoms with Gasteiger partial charge in [0.2, 0.25) is 0 Å². The lowest BCUT2D eigenvalue weighted by molar-refractivity contribution is -0.145. The number of nitrogens with one attached hydrogen (secondary N) is 1. The molecule has 1 saturated heterocycles. The van der Waals surface area contributed by atoms with Crippen molar-refractivity contribution in [1.82, 2.24) is 15.1 Å². The molecule has 0 radical (unpaired) electrons. The van der Waals surface area contributed by atoms with Gasteiger partial charge in [0.1, 0.15) is 5.56 Å². The van der Waals surface area contributed by atoms with E-state index in [0.29, 0.717) is 36.9 Å². The summed E-state index contributed by atoms with van der Waals surface area (Å²) in [6.45, 7) is 4.39. The molecule has 1 aromatic heterocycles. The van der Waals surface area contributed by atoms with Gasteiger partial charge < -0.3 is 10.0 Å². The number of carboxylic acid groups (broad SMARTS) is 1. The molecular formula is C21H25N3O4. The molecule has 28 heavy (non-hydrogen) atoms. The maximum Gasteiger partial charge on any atom is 0.314 e. The Morgan fingerprint density at radius 1 is 1.14 bits per heavy atom. The molecule has 7 nitrogen and oxygen atoms in total. The summed E-state index contributed by atoms with van der Waals surface area (Å²) in [4.78, 5) is 39.2. The number of benzene rings is 1. The van der Waals surface area contributed by atoms with E-state index in [-0.39, 0.29) is 24.6 Å². The summed E-state index contributed by atoms with van der Waals surface area (Å²) in [6.07, 6.45) is 1.78. The van der Waals surface area contributed by atoms with Crippen molar-refractivity contribution in [3.63, 3.8) is 0 Å². The lowest BCUT2D eigenvalue weighted by Gasteiger charge is -2.39. The monoisotopic (exact) mass is 383 g/mol. The van der Waals surface area contributed by atoms with E-state index in [1.54, 1.807) is 4.90 Å². The van der Waals surface area contributed by atoms with E-state index in [4.69, 9.17) is 0 Å². The van der Waals surface area contributed by atoms with Crippen molar-refractivity contribution in [3.8, 4) is 0 Å². The van der Waals surface area contributed by atoms with Crippen molar-refractivity contribution >= 4 is 11.9 Å². The summed E-state index contributed by atoms with van der Waals surface area (Å²) in [5, 5.41) is 16.4. The molecule has 3 rings (SSSR count). The first-order chi connectivity index (χ1) is 13.4. The van der Waals surface area contributed by atoms with E-state index < -0.39 is 16.9 Å². The molecule has 2 aromatic rings. The normalized spacial score (nSPS) is 16.0. The lowest BCUT2D eigenvalue weighted by atomic mass is 9.72. The fourth-order valence-electron chi connectivity index (χ4n) is 4.06. The van der Waals surface area contributed by atoms with Crippen LogP contribution in [0.1, 0.15) is 53.9 Å². The highest BCUT2D eigenvalue weighted by atomic mass is 16.4. The largest absolute Gasteiger partial charge is 0.481 e. The molecule has 0 unspecified atom stereocenters. The van der Waals surface area contributed by atoms with Gasteiger partial charge in [-0.15, -0.1) is 0 Å². The zero-order chi connectivity index (χ0) is 20.3. The highest BCUT2D eigenvalue weighted by Crippen LogP contribution is 2.36. The molecule has 2 heterocycles. The third-order valence-corrected chi connectivity index (χ3v) is 5.71. The fraction of sp³-hybridized carbons (Fsp3) is 0.429. The number of aromatic amines is 1. The first kappa shape index (κ1) is 19.8. The van der Waals surface area contributed by atoms with Gasteiger partial charge in [0.25, 0.3) is 11.5 Å². The van der Waals surface area contributed by atoms with Crippen molar-refractivity contribution < 1.29 is 14.7 Å². The van der Waals surface area contributed by atoms with Crippen LogP contribution in [0.25, 0.3) is 0 Å². The molecule has 0 aliphatic carbocycles. The maximum absolute atomic E-state index is 13.1. The van der Waals surface area contributed by atoms with Gasteiger partial charge in [-0.25, -0.2) is 5.10 Å². The van der Waals surface area contributed by atoms with Crippen molar-refractivity contribution in [1.29, 1.82) is 0 Å². The van der Waals surface area contributed by atoms with E-state index in [1.165, 1.54) is 0 Å². The van der Waals surface area contributed by atoms with Crippen LogP contribution in [0.2, 0.25) is 0 Å². The summed E-state index contributed by atoms with van der Waals surface area (Å²) in [6, 6.07) is 9.15. The quantitative estimate of drug-likeness (QED) is 0.823. The number of aromatic nitrogens is 2. The summed E-state index contributed by atoms with van der Waals surface area (Å²) >= 11 is 0. The Kier molecular flexibility index (Phi) is 5.63. The molecule has 0 saturated carbocycles. The van der Waals surface area contributed by atoms with Crippen LogP contribution < -0.4 is 5.56 Å². The molecule has 1 aliphatic heterocycles. The number of carbonyl (C=O) groups excluding carboxylic acids is 1. The Bertz CT molecular complexity index is 928. The first-order valence-corrected chi connectivity index (χ1v) is 9.63. The molecule has 0 bridgehead atoms. The average molecular weight is 383 g/mol. The minimum Gasteiger partial charge on any atom is -0.481 e. The molecule has 0 spiro atoms. The number of carbonyl (C=O) groups is 2. The van der Waals surface area contributed by atoms with E-state index in [0.717, 1.165) is 5.56 Å². The molecule has 2 N–H and O–H groups in total. The third-order valence-electron chi connectivity index (χ3n) is 5.71. The number of likely N-dealkylation sites (tertiary alicyclic amines) is 1. The molecule has 7 heteroatoms. The molecular weight excluding hydrogens is 358 g/mol. The molecule has 1 aromatic carbocycles. The van der Waals surface area contributed by atoms with E-state index >= 15 is 0 Å². The van der Waals surface area contributed by atoms with Gasteiger partial charge in [-0.05, 0) is 36.8 Å². The van der Waals surface area contributed by atoms with Gasteiger partial charge in [-0.3, -0.25) is 14.4 Å². The van der Waals surface area contributed by atoms with Gasteiger partial charge in [-0.2, -0.15) is 5.10 Å². The molecule has 0 atom stereocenters. The number of hydrogen-bond donors (Lipinski definition) is 2.